The third kappa shape index (κ3) is 6.21. The van der Waals surface area contributed by atoms with Crippen LogP contribution in [0.15, 0.2) is 53.8 Å². The van der Waals surface area contributed by atoms with E-state index in [1.807, 2.05) is 12.1 Å². The number of nitrogens with zero attached hydrogens (tertiary/aromatic N) is 1. The highest BCUT2D eigenvalue weighted by Crippen LogP contribution is 2.23. The number of aliphatic hydroxyl groups is 1. The lowest BCUT2D eigenvalue weighted by Crippen LogP contribution is -2.32. The van der Waals surface area contributed by atoms with Crippen LogP contribution in [0.3, 0.4) is 0 Å². The third-order valence-corrected chi connectivity index (χ3v) is 5.86. The van der Waals surface area contributed by atoms with Gasteiger partial charge < -0.3 is 15.3 Å². The number of rotatable bonds is 9. The van der Waals surface area contributed by atoms with Crippen LogP contribution in [0.1, 0.15) is 24.0 Å². The Balaban J connectivity index is 1.42. The predicted molar refractivity (Wildman–Crippen MR) is 119 cm³/mol. The molecule has 2 aromatic carbocycles. The average Bonchev–Trinajstić information content (AvgIpc) is 3.03. The maximum atomic E-state index is 13.3. The molecule has 2 aromatic rings. The summed E-state index contributed by atoms with van der Waals surface area (Å²) in [6.45, 7) is 0.746. The standard InChI is InChI=1S/C23H23Cl2FN2O3/c24-19-8-7-15(13-20(19)25)4-1-2-10-27-22(30)18-14-28(23(31)21(18)29)11-9-16-5-3-6-17(26)12-16/h3,5-8,12-13,29H,1-2,4,9-11,14H2,(H,27,30). The van der Waals surface area contributed by atoms with E-state index in [1.165, 1.54) is 17.0 Å². The zero-order valence-electron chi connectivity index (χ0n) is 16.8. The zero-order valence-corrected chi connectivity index (χ0v) is 18.3. The number of hydrogen-bond donors (Lipinski definition) is 2. The summed E-state index contributed by atoms with van der Waals surface area (Å²) < 4.78 is 13.3. The molecule has 0 fully saturated rings. The molecular weight excluding hydrogens is 442 g/mol. The lowest BCUT2D eigenvalue weighted by Gasteiger charge is -2.16. The first-order valence-corrected chi connectivity index (χ1v) is 10.8. The van der Waals surface area contributed by atoms with Crippen LogP contribution in [0.5, 0.6) is 0 Å². The van der Waals surface area contributed by atoms with Crippen LogP contribution in [0.25, 0.3) is 0 Å². The molecule has 0 aromatic heterocycles. The van der Waals surface area contributed by atoms with Crippen LogP contribution in [-0.4, -0.2) is 41.5 Å². The molecule has 0 bridgehead atoms. The fourth-order valence-corrected chi connectivity index (χ4v) is 3.71. The molecule has 0 aliphatic carbocycles. The Hall–Kier alpha value is -2.57. The molecule has 8 heteroatoms. The van der Waals surface area contributed by atoms with Gasteiger partial charge in [0.15, 0.2) is 5.76 Å². The van der Waals surface area contributed by atoms with Crippen molar-refractivity contribution in [3.8, 4) is 0 Å². The van der Waals surface area contributed by atoms with Crippen molar-refractivity contribution < 1.29 is 19.1 Å². The number of aliphatic hydroxyl groups excluding tert-OH is 1. The maximum absolute atomic E-state index is 13.3. The van der Waals surface area contributed by atoms with E-state index in [1.54, 1.807) is 18.2 Å². The van der Waals surface area contributed by atoms with Crippen LogP contribution in [0.4, 0.5) is 4.39 Å². The van der Waals surface area contributed by atoms with Gasteiger partial charge in [-0.1, -0.05) is 41.4 Å². The van der Waals surface area contributed by atoms with Crippen LogP contribution >= 0.6 is 23.2 Å². The molecule has 164 valence electrons. The molecule has 2 amide bonds. The van der Waals surface area contributed by atoms with E-state index in [0.717, 1.165) is 30.4 Å². The number of benzene rings is 2. The van der Waals surface area contributed by atoms with Crippen molar-refractivity contribution in [2.45, 2.75) is 25.7 Å². The topological polar surface area (TPSA) is 69.6 Å². The minimum Gasteiger partial charge on any atom is -0.503 e. The van der Waals surface area contributed by atoms with Gasteiger partial charge in [-0.3, -0.25) is 9.59 Å². The summed E-state index contributed by atoms with van der Waals surface area (Å²) in [6.07, 6.45) is 2.80. The van der Waals surface area contributed by atoms with E-state index in [-0.39, 0.29) is 24.5 Å². The molecule has 2 N–H and O–H groups in total. The van der Waals surface area contributed by atoms with Gasteiger partial charge in [0.25, 0.3) is 11.8 Å². The Kier molecular flexibility index (Phi) is 7.93. The highest BCUT2D eigenvalue weighted by Gasteiger charge is 2.33. The summed E-state index contributed by atoms with van der Waals surface area (Å²) in [6, 6.07) is 11.6. The quantitative estimate of drug-likeness (QED) is 0.537. The average molecular weight is 465 g/mol. The monoisotopic (exact) mass is 464 g/mol. The van der Waals surface area contributed by atoms with E-state index in [9.17, 15) is 19.1 Å². The summed E-state index contributed by atoms with van der Waals surface area (Å²) in [5.74, 6) is -1.90. The number of hydrogen-bond acceptors (Lipinski definition) is 3. The van der Waals surface area contributed by atoms with Gasteiger partial charge in [0.1, 0.15) is 5.82 Å². The number of carbonyl (C=O) groups is 2. The Morgan fingerprint density at radius 3 is 2.58 bits per heavy atom. The zero-order chi connectivity index (χ0) is 22.4. The van der Waals surface area contributed by atoms with Crippen LogP contribution in [0, 0.1) is 5.82 Å². The van der Waals surface area contributed by atoms with Gasteiger partial charge >= 0.3 is 0 Å². The van der Waals surface area contributed by atoms with Gasteiger partial charge in [-0.2, -0.15) is 0 Å². The molecular formula is C23H23Cl2FN2O3. The number of nitrogens with one attached hydrogen (secondary N) is 1. The number of unbranched alkanes of at least 4 members (excludes halogenated alkanes) is 1. The van der Waals surface area contributed by atoms with Gasteiger partial charge in [0, 0.05) is 13.1 Å². The smallest absolute Gasteiger partial charge is 0.289 e. The largest absolute Gasteiger partial charge is 0.503 e. The molecule has 1 aliphatic rings. The van der Waals surface area contributed by atoms with Crippen molar-refractivity contribution in [2.24, 2.45) is 0 Å². The van der Waals surface area contributed by atoms with Crippen molar-refractivity contribution >= 4 is 35.0 Å². The Bertz CT molecular complexity index is 1010. The highest BCUT2D eigenvalue weighted by atomic mass is 35.5. The van der Waals surface area contributed by atoms with Gasteiger partial charge in [-0.05, 0) is 61.1 Å². The Labute approximate surface area is 190 Å². The van der Waals surface area contributed by atoms with Crippen LogP contribution in [-0.2, 0) is 22.4 Å². The fourth-order valence-electron chi connectivity index (χ4n) is 3.39. The second-order valence-electron chi connectivity index (χ2n) is 7.40. The normalized spacial score (nSPS) is 13.8. The maximum Gasteiger partial charge on any atom is 0.289 e. The first kappa shape index (κ1) is 23.1. The SMILES string of the molecule is O=C(NCCCCc1ccc(Cl)c(Cl)c1)C1=C(O)C(=O)N(CCc2cccc(F)c2)C1. The van der Waals surface area contributed by atoms with Crippen LogP contribution < -0.4 is 5.32 Å². The number of aryl methyl sites for hydroxylation is 1. The summed E-state index contributed by atoms with van der Waals surface area (Å²) in [5, 5.41) is 13.9. The van der Waals surface area contributed by atoms with E-state index in [2.05, 4.69) is 5.32 Å². The van der Waals surface area contributed by atoms with Crippen molar-refractivity contribution in [3.05, 3.63) is 80.8 Å². The number of halogens is 3. The minimum absolute atomic E-state index is 0.0368. The van der Waals surface area contributed by atoms with Crippen molar-refractivity contribution in [2.75, 3.05) is 19.6 Å². The molecule has 1 aliphatic heterocycles. The molecule has 31 heavy (non-hydrogen) atoms. The van der Waals surface area contributed by atoms with E-state index in [4.69, 9.17) is 23.2 Å². The second kappa shape index (κ2) is 10.6. The van der Waals surface area contributed by atoms with Gasteiger partial charge in [0.05, 0.1) is 22.2 Å². The lowest BCUT2D eigenvalue weighted by atomic mass is 10.1. The third-order valence-electron chi connectivity index (χ3n) is 5.12. The van der Waals surface area contributed by atoms with E-state index >= 15 is 0 Å². The van der Waals surface area contributed by atoms with Gasteiger partial charge in [-0.25, -0.2) is 4.39 Å². The van der Waals surface area contributed by atoms with Crippen LogP contribution in [0.2, 0.25) is 10.0 Å². The van der Waals surface area contributed by atoms with E-state index in [0.29, 0.717) is 23.0 Å². The Morgan fingerprint density at radius 2 is 1.84 bits per heavy atom. The van der Waals surface area contributed by atoms with E-state index < -0.39 is 17.6 Å². The summed E-state index contributed by atoms with van der Waals surface area (Å²) >= 11 is 11.9. The van der Waals surface area contributed by atoms with Crippen molar-refractivity contribution in [3.63, 3.8) is 0 Å². The molecule has 0 radical (unpaired) electrons. The molecule has 5 nitrogen and oxygen atoms in total. The minimum atomic E-state index is -0.582. The van der Waals surface area contributed by atoms with Crippen molar-refractivity contribution in [1.29, 1.82) is 0 Å². The first-order chi connectivity index (χ1) is 14.8. The molecule has 3 rings (SSSR count). The van der Waals surface area contributed by atoms with Crippen molar-refractivity contribution in [1.82, 2.24) is 10.2 Å². The molecule has 0 saturated heterocycles. The molecule has 1 heterocycles. The predicted octanol–water partition coefficient (Wildman–Crippen LogP) is 4.47. The van der Waals surface area contributed by atoms with Gasteiger partial charge in [0.2, 0.25) is 0 Å². The summed E-state index contributed by atoms with van der Waals surface area (Å²) in [4.78, 5) is 26.0. The van der Waals surface area contributed by atoms with Gasteiger partial charge in [-0.15, -0.1) is 0 Å². The fraction of sp³-hybridized carbons (Fsp3) is 0.304. The second-order valence-corrected chi connectivity index (χ2v) is 8.21. The molecule has 0 unspecified atom stereocenters. The lowest BCUT2D eigenvalue weighted by molar-refractivity contribution is -0.127. The summed E-state index contributed by atoms with van der Waals surface area (Å²) in [5.41, 5.74) is 1.87. The Morgan fingerprint density at radius 1 is 1.06 bits per heavy atom. The first-order valence-electron chi connectivity index (χ1n) is 10.0. The summed E-state index contributed by atoms with van der Waals surface area (Å²) in [7, 11) is 0. The highest BCUT2D eigenvalue weighted by molar-refractivity contribution is 6.42. The number of amides is 2. The molecule has 0 atom stereocenters. The molecule has 0 spiro atoms. The number of carbonyl (C=O) groups excluding carboxylic acids is 2. The molecule has 0 saturated carbocycles.